The lowest BCUT2D eigenvalue weighted by Crippen LogP contribution is -2.81. The maximum Gasteiger partial charge on any atom is 0.252 e. The molecule has 4 rings (SSSR count). The van der Waals surface area contributed by atoms with Gasteiger partial charge in [-0.25, -0.2) is 0 Å². The number of halogens is 1. The summed E-state index contributed by atoms with van der Waals surface area (Å²) < 4.78 is 0. The van der Waals surface area contributed by atoms with Crippen molar-refractivity contribution in [3.05, 3.63) is 59.4 Å². The summed E-state index contributed by atoms with van der Waals surface area (Å²) in [7, 11) is 0. The third-order valence-corrected chi connectivity index (χ3v) is 5.83. The van der Waals surface area contributed by atoms with Crippen LogP contribution in [0.4, 0.5) is 5.69 Å². The van der Waals surface area contributed by atoms with E-state index >= 15 is 0 Å². The van der Waals surface area contributed by atoms with Gasteiger partial charge in [-0.15, -0.1) is 0 Å². The summed E-state index contributed by atoms with van der Waals surface area (Å²) in [5.74, 6) is 0.00490. The highest BCUT2D eigenvalue weighted by Crippen LogP contribution is 2.37. The molecule has 0 atom stereocenters. The van der Waals surface area contributed by atoms with Crippen molar-refractivity contribution in [3.8, 4) is 0 Å². The highest BCUT2D eigenvalue weighted by atomic mass is 35.5. The van der Waals surface area contributed by atoms with Crippen molar-refractivity contribution in [2.45, 2.75) is 32.0 Å². The fourth-order valence-electron chi connectivity index (χ4n) is 3.97. The van der Waals surface area contributed by atoms with Gasteiger partial charge in [0.25, 0.3) is 5.91 Å². The monoisotopic (exact) mass is 398 g/mol. The maximum atomic E-state index is 13.4. The van der Waals surface area contributed by atoms with Gasteiger partial charge in [-0.2, -0.15) is 0 Å². The van der Waals surface area contributed by atoms with Crippen LogP contribution in [0.25, 0.3) is 0 Å². The Kier molecular flexibility index (Phi) is 4.75. The summed E-state index contributed by atoms with van der Waals surface area (Å²) in [6, 6.07) is 11.3. The van der Waals surface area contributed by atoms with Crippen LogP contribution >= 0.6 is 11.6 Å². The minimum atomic E-state index is -0.838. The molecule has 0 saturated carbocycles. The Morgan fingerprint density at radius 1 is 1.14 bits per heavy atom. The number of hydrogen-bond acceptors (Lipinski definition) is 4. The summed E-state index contributed by atoms with van der Waals surface area (Å²) in [5, 5.41) is 0.650. The van der Waals surface area contributed by atoms with Crippen molar-refractivity contribution in [3.63, 3.8) is 0 Å². The van der Waals surface area contributed by atoms with Crippen molar-refractivity contribution in [1.82, 2.24) is 14.8 Å². The van der Waals surface area contributed by atoms with Crippen LogP contribution in [0, 0.1) is 0 Å². The first-order chi connectivity index (χ1) is 13.4. The smallest absolute Gasteiger partial charge is 0.252 e. The van der Waals surface area contributed by atoms with Gasteiger partial charge >= 0.3 is 0 Å². The van der Waals surface area contributed by atoms with Crippen LogP contribution in [0.3, 0.4) is 0 Å². The predicted molar refractivity (Wildman–Crippen MR) is 108 cm³/mol. The topological polar surface area (TPSA) is 56.8 Å². The normalized spacial score (nSPS) is 18.8. The zero-order chi connectivity index (χ0) is 19.9. The molecule has 0 N–H and O–H groups in total. The Hall–Kier alpha value is -2.60. The summed E-state index contributed by atoms with van der Waals surface area (Å²) in [6.07, 6.45) is 3.51. The van der Waals surface area contributed by atoms with Gasteiger partial charge < -0.3 is 14.7 Å². The average molecular weight is 399 g/mol. The number of piperazine rings is 1. The van der Waals surface area contributed by atoms with E-state index in [-0.39, 0.29) is 24.4 Å². The van der Waals surface area contributed by atoms with Crippen molar-refractivity contribution in [2.75, 3.05) is 24.5 Å². The van der Waals surface area contributed by atoms with Crippen LogP contribution in [0.1, 0.15) is 19.4 Å². The number of hydrogen-bond donors (Lipinski definition) is 0. The van der Waals surface area contributed by atoms with Crippen LogP contribution in [-0.4, -0.2) is 57.8 Å². The van der Waals surface area contributed by atoms with Crippen LogP contribution in [0.5, 0.6) is 0 Å². The first-order valence-corrected chi connectivity index (χ1v) is 9.79. The molecule has 0 aliphatic carbocycles. The predicted octanol–water partition coefficient (Wildman–Crippen LogP) is 2.57. The van der Waals surface area contributed by atoms with E-state index in [4.69, 9.17) is 11.6 Å². The Balaban J connectivity index is 1.64. The maximum absolute atomic E-state index is 13.4. The van der Waals surface area contributed by atoms with Gasteiger partial charge in [0.2, 0.25) is 5.91 Å². The number of amides is 2. The van der Waals surface area contributed by atoms with Crippen LogP contribution in [-0.2, 0) is 16.1 Å². The van der Waals surface area contributed by atoms with E-state index in [1.54, 1.807) is 22.2 Å². The molecule has 2 fully saturated rings. The number of pyridine rings is 1. The molecule has 0 unspecified atom stereocenters. The zero-order valence-electron chi connectivity index (χ0n) is 16.0. The minimum absolute atomic E-state index is 0.0153. The Morgan fingerprint density at radius 2 is 1.86 bits per heavy atom. The summed E-state index contributed by atoms with van der Waals surface area (Å²) in [6.45, 7) is 5.37. The fourth-order valence-corrected chi connectivity index (χ4v) is 4.09. The van der Waals surface area contributed by atoms with Crippen molar-refractivity contribution in [2.24, 2.45) is 0 Å². The minimum Gasteiger partial charge on any atom is -0.364 e. The largest absolute Gasteiger partial charge is 0.364 e. The highest BCUT2D eigenvalue weighted by Gasteiger charge is 2.59. The third-order valence-electron chi connectivity index (χ3n) is 5.58. The Labute approximate surface area is 169 Å². The second-order valence-corrected chi connectivity index (χ2v) is 8.17. The zero-order valence-corrected chi connectivity index (χ0v) is 16.8. The molecule has 28 heavy (non-hydrogen) atoms. The van der Waals surface area contributed by atoms with Gasteiger partial charge in [0.15, 0.2) is 5.54 Å². The molecular formula is C21H23ClN4O2. The Bertz CT molecular complexity index is 879. The lowest BCUT2D eigenvalue weighted by molar-refractivity contribution is -0.170. The second-order valence-electron chi connectivity index (χ2n) is 7.73. The lowest BCUT2D eigenvalue weighted by atomic mass is 9.82. The van der Waals surface area contributed by atoms with Crippen LogP contribution in [0.15, 0.2) is 48.8 Å². The molecular weight excluding hydrogens is 376 g/mol. The molecule has 7 heteroatoms. The first-order valence-electron chi connectivity index (χ1n) is 9.42. The number of rotatable bonds is 4. The number of benzene rings is 1. The molecule has 6 nitrogen and oxygen atoms in total. The van der Waals surface area contributed by atoms with E-state index in [0.717, 1.165) is 11.3 Å². The van der Waals surface area contributed by atoms with Crippen molar-refractivity contribution >= 4 is 29.1 Å². The molecule has 146 valence electrons. The number of nitrogens with zero attached hydrogens (tertiary/aromatic N) is 4. The number of carbonyl (C=O) groups is 2. The van der Waals surface area contributed by atoms with E-state index in [1.165, 1.54) is 0 Å². The molecule has 2 aliphatic heterocycles. The van der Waals surface area contributed by atoms with E-state index in [9.17, 15) is 9.59 Å². The van der Waals surface area contributed by atoms with E-state index < -0.39 is 5.54 Å². The second kappa shape index (κ2) is 7.09. The van der Waals surface area contributed by atoms with Crippen LogP contribution < -0.4 is 4.90 Å². The molecule has 2 amide bonds. The lowest BCUT2D eigenvalue weighted by Gasteiger charge is -2.59. The van der Waals surface area contributed by atoms with Gasteiger partial charge in [0, 0.05) is 23.8 Å². The van der Waals surface area contributed by atoms with Crippen molar-refractivity contribution < 1.29 is 9.59 Å². The quantitative estimate of drug-likeness (QED) is 0.794. The summed E-state index contributed by atoms with van der Waals surface area (Å²) in [4.78, 5) is 36.2. The first kappa shape index (κ1) is 18.7. The fraction of sp³-hybridized carbons (Fsp3) is 0.381. The number of anilines is 1. The van der Waals surface area contributed by atoms with E-state index in [0.29, 0.717) is 24.7 Å². The van der Waals surface area contributed by atoms with Crippen molar-refractivity contribution in [1.29, 1.82) is 0 Å². The standard InChI is InChI=1S/C21H23ClN4O2/c1-15(2)25-12-19(27)26(11-16-5-7-17(22)8-6-16)21(20(25)28)13-24(14-21)18-4-3-9-23-10-18/h3-10,15H,11-14H2,1-2H3. The molecule has 1 aromatic carbocycles. The molecule has 0 bridgehead atoms. The van der Waals surface area contributed by atoms with Gasteiger partial charge in [-0.3, -0.25) is 14.6 Å². The molecule has 2 aromatic rings. The van der Waals surface area contributed by atoms with Gasteiger partial charge in [-0.1, -0.05) is 23.7 Å². The van der Waals surface area contributed by atoms with E-state index in [1.807, 2.05) is 50.2 Å². The van der Waals surface area contributed by atoms with Crippen LogP contribution in [0.2, 0.25) is 5.02 Å². The van der Waals surface area contributed by atoms with Gasteiger partial charge in [0.1, 0.15) is 6.54 Å². The van der Waals surface area contributed by atoms with Gasteiger partial charge in [-0.05, 0) is 43.7 Å². The van der Waals surface area contributed by atoms with E-state index in [2.05, 4.69) is 9.88 Å². The van der Waals surface area contributed by atoms with Gasteiger partial charge in [0.05, 0.1) is 25.0 Å². The molecule has 3 heterocycles. The highest BCUT2D eigenvalue weighted by molar-refractivity contribution is 6.30. The SMILES string of the molecule is CC(C)N1CC(=O)N(Cc2ccc(Cl)cc2)C2(CN(c3cccnc3)C2)C1=O. The molecule has 2 aliphatic rings. The third kappa shape index (κ3) is 3.11. The molecule has 2 saturated heterocycles. The number of aromatic nitrogens is 1. The number of carbonyl (C=O) groups excluding carboxylic acids is 2. The Morgan fingerprint density at radius 3 is 2.46 bits per heavy atom. The summed E-state index contributed by atoms with van der Waals surface area (Å²) >= 11 is 5.99. The molecule has 1 aromatic heterocycles. The molecule has 1 spiro atoms. The summed E-state index contributed by atoms with van der Waals surface area (Å²) in [5.41, 5.74) is 1.08. The molecule has 0 radical (unpaired) electrons. The average Bonchev–Trinajstić information content (AvgIpc) is 2.65.